The fourth-order valence-corrected chi connectivity index (χ4v) is 1.90. The van der Waals surface area contributed by atoms with E-state index in [9.17, 15) is 0 Å². The molecule has 0 saturated heterocycles. The van der Waals surface area contributed by atoms with Crippen LogP contribution in [-0.4, -0.2) is 0 Å². The maximum atomic E-state index is 6.02. The van der Waals surface area contributed by atoms with E-state index in [1.165, 1.54) is 0 Å². The largest absolute Gasteiger partial charge is 0.324 e. The van der Waals surface area contributed by atoms with Crippen LogP contribution in [-0.2, 0) is 0 Å². The summed E-state index contributed by atoms with van der Waals surface area (Å²) >= 11 is 11.8. The van der Waals surface area contributed by atoms with Crippen LogP contribution >= 0.6 is 23.2 Å². The van der Waals surface area contributed by atoms with Crippen molar-refractivity contribution in [1.82, 2.24) is 0 Å². The second kappa shape index (κ2) is 5.55. The van der Waals surface area contributed by atoms with Crippen LogP contribution in [0.4, 0.5) is 0 Å². The van der Waals surface area contributed by atoms with E-state index in [2.05, 4.69) is 6.58 Å². The predicted molar refractivity (Wildman–Crippen MR) is 67.4 cm³/mol. The molecule has 1 nitrogen and oxygen atoms in total. The second-order valence-electron chi connectivity index (χ2n) is 3.81. The molecular formula is C12H15Cl2N. The Morgan fingerprint density at radius 2 is 1.87 bits per heavy atom. The molecule has 0 aromatic heterocycles. The van der Waals surface area contributed by atoms with Crippen molar-refractivity contribution >= 4 is 23.2 Å². The molecule has 0 heterocycles. The van der Waals surface area contributed by atoms with Crippen molar-refractivity contribution in [3.63, 3.8) is 0 Å². The van der Waals surface area contributed by atoms with E-state index in [0.29, 0.717) is 10.0 Å². The van der Waals surface area contributed by atoms with Crippen LogP contribution in [0.1, 0.15) is 31.4 Å². The molecule has 0 aliphatic rings. The molecule has 1 rings (SSSR count). The fourth-order valence-electron chi connectivity index (χ4n) is 1.36. The van der Waals surface area contributed by atoms with Crippen molar-refractivity contribution in [2.24, 2.45) is 5.73 Å². The first-order chi connectivity index (χ1) is 6.99. The average Bonchev–Trinajstić information content (AvgIpc) is 2.12. The minimum Gasteiger partial charge on any atom is -0.324 e. The zero-order valence-corrected chi connectivity index (χ0v) is 10.3. The number of nitrogens with two attached hydrogens (primary N) is 1. The summed E-state index contributed by atoms with van der Waals surface area (Å²) < 4.78 is 0. The van der Waals surface area contributed by atoms with E-state index < -0.39 is 0 Å². The lowest BCUT2D eigenvalue weighted by molar-refractivity contribution is 0.649. The van der Waals surface area contributed by atoms with Gasteiger partial charge in [-0.2, -0.15) is 0 Å². The summed E-state index contributed by atoms with van der Waals surface area (Å²) in [5.74, 6) is 0. The molecule has 1 atom stereocenters. The molecule has 1 aromatic carbocycles. The summed E-state index contributed by atoms with van der Waals surface area (Å²) in [7, 11) is 0. The van der Waals surface area contributed by atoms with E-state index in [0.717, 1.165) is 24.0 Å². The Balaban J connectivity index is 2.72. The van der Waals surface area contributed by atoms with Gasteiger partial charge in [-0.1, -0.05) is 28.8 Å². The quantitative estimate of drug-likeness (QED) is 0.783. The Hall–Kier alpha value is -0.500. The van der Waals surface area contributed by atoms with Gasteiger partial charge in [-0.25, -0.2) is 0 Å². The maximum absolute atomic E-state index is 6.02. The third-order valence-corrected chi connectivity index (χ3v) is 2.63. The maximum Gasteiger partial charge on any atom is 0.0424 e. The highest BCUT2D eigenvalue weighted by Crippen LogP contribution is 2.25. The Morgan fingerprint density at radius 1 is 1.33 bits per heavy atom. The number of hydrogen-bond acceptors (Lipinski definition) is 1. The highest BCUT2D eigenvalue weighted by atomic mass is 35.5. The van der Waals surface area contributed by atoms with Gasteiger partial charge >= 0.3 is 0 Å². The molecular weight excluding hydrogens is 229 g/mol. The van der Waals surface area contributed by atoms with Gasteiger partial charge in [0.15, 0.2) is 0 Å². The van der Waals surface area contributed by atoms with E-state index in [-0.39, 0.29) is 6.04 Å². The molecule has 0 amide bonds. The molecule has 0 fully saturated rings. The van der Waals surface area contributed by atoms with Crippen LogP contribution in [0.25, 0.3) is 0 Å². The molecule has 0 aliphatic carbocycles. The van der Waals surface area contributed by atoms with Gasteiger partial charge in [-0.05, 0) is 43.5 Å². The number of benzene rings is 1. The number of rotatable bonds is 4. The smallest absolute Gasteiger partial charge is 0.0424 e. The summed E-state index contributed by atoms with van der Waals surface area (Å²) in [4.78, 5) is 0. The van der Waals surface area contributed by atoms with Gasteiger partial charge in [0.2, 0.25) is 0 Å². The van der Waals surface area contributed by atoms with Crippen molar-refractivity contribution in [2.45, 2.75) is 25.8 Å². The first kappa shape index (κ1) is 12.6. The van der Waals surface area contributed by atoms with Crippen LogP contribution in [0.15, 0.2) is 30.4 Å². The Kier molecular flexibility index (Phi) is 4.65. The number of halogens is 2. The molecule has 3 heteroatoms. The molecule has 0 aliphatic heterocycles. The molecule has 0 radical (unpaired) electrons. The first-order valence-electron chi connectivity index (χ1n) is 4.85. The molecule has 1 unspecified atom stereocenters. The van der Waals surface area contributed by atoms with Gasteiger partial charge < -0.3 is 5.73 Å². The topological polar surface area (TPSA) is 26.0 Å². The summed E-state index contributed by atoms with van der Waals surface area (Å²) in [6, 6.07) is 5.39. The average molecular weight is 244 g/mol. The highest BCUT2D eigenvalue weighted by Gasteiger charge is 2.07. The number of hydrogen-bond donors (Lipinski definition) is 1. The molecule has 82 valence electrons. The zero-order valence-electron chi connectivity index (χ0n) is 8.76. The van der Waals surface area contributed by atoms with Crippen molar-refractivity contribution in [3.05, 3.63) is 46.0 Å². The minimum atomic E-state index is -0.0297. The van der Waals surface area contributed by atoms with E-state index in [4.69, 9.17) is 28.9 Å². The Morgan fingerprint density at radius 3 is 2.33 bits per heavy atom. The van der Waals surface area contributed by atoms with Crippen LogP contribution in [0.5, 0.6) is 0 Å². The summed E-state index contributed by atoms with van der Waals surface area (Å²) in [5.41, 5.74) is 8.14. The zero-order chi connectivity index (χ0) is 11.4. The van der Waals surface area contributed by atoms with Crippen LogP contribution in [0.2, 0.25) is 10.0 Å². The summed E-state index contributed by atoms with van der Waals surface area (Å²) in [5, 5.41) is 1.26. The van der Waals surface area contributed by atoms with Gasteiger partial charge in [-0.3, -0.25) is 0 Å². The van der Waals surface area contributed by atoms with E-state index >= 15 is 0 Å². The molecule has 0 spiro atoms. The lowest BCUT2D eigenvalue weighted by atomic mass is 10.0. The van der Waals surface area contributed by atoms with E-state index in [1.807, 2.05) is 19.1 Å². The molecule has 0 saturated carbocycles. The van der Waals surface area contributed by atoms with Crippen molar-refractivity contribution in [3.8, 4) is 0 Å². The minimum absolute atomic E-state index is 0.0297. The van der Waals surface area contributed by atoms with Crippen molar-refractivity contribution < 1.29 is 0 Å². The van der Waals surface area contributed by atoms with Crippen LogP contribution in [0, 0.1) is 0 Å². The molecule has 0 bridgehead atoms. The third kappa shape index (κ3) is 4.25. The van der Waals surface area contributed by atoms with Gasteiger partial charge in [-0.15, -0.1) is 6.58 Å². The third-order valence-electron chi connectivity index (χ3n) is 2.20. The Labute approximate surface area is 101 Å². The Bertz CT molecular complexity index is 340. The SMILES string of the molecule is C=C(C)CCC(N)c1cc(Cl)cc(Cl)c1. The van der Waals surface area contributed by atoms with Crippen molar-refractivity contribution in [1.29, 1.82) is 0 Å². The summed E-state index contributed by atoms with van der Waals surface area (Å²) in [6.45, 7) is 5.85. The van der Waals surface area contributed by atoms with Gasteiger partial charge in [0.1, 0.15) is 0 Å². The molecule has 1 aromatic rings. The monoisotopic (exact) mass is 243 g/mol. The fraction of sp³-hybridized carbons (Fsp3) is 0.333. The normalized spacial score (nSPS) is 12.5. The standard InChI is InChI=1S/C12H15Cl2N/c1-8(2)3-4-12(15)9-5-10(13)7-11(14)6-9/h5-7,12H,1,3-4,15H2,2H3. The lowest BCUT2D eigenvalue weighted by Gasteiger charge is -2.12. The first-order valence-corrected chi connectivity index (χ1v) is 5.60. The lowest BCUT2D eigenvalue weighted by Crippen LogP contribution is -2.10. The predicted octanol–water partition coefficient (Wildman–Crippen LogP) is 4.35. The molecule has 15 heavy (non-hydrogen) atoms. The second-order valence-corrected chi connectivity index (χ2v) is 4.68. The van der Waals surface area contributed by atoms with Crippen molar-refractivity contribution in [2.75, 3.05) is 0 Å². The van der Waals surface area contributed by atoms with Crippen LogP contribution in [0.3, 0.4) is 0 Å². The van der Waals surface area contributed by atoms with Gasteiger partial charge in [0.25, 0.3) is 0 Å². The number of allylic oxidation sites excluding steroid dienone is 1. The summed E-state index contributed by atoms with van der Waals surface area (Å²) in [6.07, 6.45) is 1.79. The van der Waals surface area contributed by atoms with E-state index in [1.54, 1.807) is 6.07 Å². The highest BCUT2D eigenvalue weighted by molar-refractivity contribution is 6.34. The van der Waals surface area contributed by atoms with Crippen LogP contribution < -0.4 is 5.73 Å². The van der Waals surface area contributed by atoms with Gasteiger partial charge in [0, 0.05) is 16.1 Å². The molecule has 2 N–H and O–H groups in total. The van der Waals surface area contributed by atoms with Gasteiger partial charge in [0.05, 0.1) is 0 Å².